The van der Waals surface area contributed by atoms with E-state index in [9.17, 15) is 18.0 Å². The number of anilines is 1. The van der Waals surface area contributed by atoms with Gasteiger partial charge in [0.05, 0.1) is 17.4 Å². The monoisotopic (exact) mass is 484 g/mol. The largest absolute Gasteiger partial charge is 0.456 e. The van der Waals surface area contributed by atoms with Crippen LogP contribution in [-0.2, 0) is 6.18 Å². The van der Waals surface area contributed by atoms with Crippen LogP contribution < -0.4 is 10.1 Å². The molecular formula is C19H12F3IN2O2. The molecule has 3 rings (SSSR count). The van der Waals surface area contributed by atoms with Gasteiger partial charge in [-0.3, -0.25) is 9.78 Å². The molecule has 2 aromatic carbocycles. The van der Waals surface area contributed by atoms with Crippen LogP contribution >= 0.6 is 22.6 Å². The van der Waals surface area contributed by atoms with Crippen molar-refractivity contribution in [2.75, 3.05) is 5.32 Å². The summed E-state index contributed by atoms with van der Waals surface area (Å²) < 4.78 is 44.6. The fourth-order valence-electron chi connectivity index (χ4n) is 2.21. The summed E-state index contributed by atoms with van der Waals surface area (Å²) in [6, 6.07) is 12.9. The number of aromatic nitrogens is 1. The van der Waals surface area contributed by atoms with Crippen molar-refractivity contribution in [1.29, 1.82) is 0 Å². The van der Waals surface area contributed by atoms with Crippen LogP contribution in [-0.4, -0.2) is 10.9 Å². The molecule has 0 bridgehead atoms. The number of halogens is 4. The van der Waals surface area contributed by atoms with Crippen molar-refractivity contribution >= 4 is 34.2 Å². The predicted molar refractivity (Wildman–Crippen MR) is 103 cm³/mol. The molecule has 4 nitrogen and oxygen atoms in total. The van der Waals surface area contributed by atoms with Gasteiger partial charge in [-0.15, -0.1) is 0 Å². The number of hydrogen-bond acceptors (Lipinski definition) is 3. The molecule has 0 spiro atoms. The number of amides is 1. The van der Waals surface area contributed by atoms with Crippen LogP contribution in [0.25, 0.3) is 0 Å². The normalized spacial score (nSPS) is 11.1. The van der Waals surface area contributed by atoms with Crippen LogP contribution in [0.4, 0.5) is 18.9 Å². The zero-order valence-corrected chi connectivity index (χ0v) is 15.8. The Labute approximate surface area is 166 Å². The van der Waals surface area contributed by atoms with Gasteiger partial charge in [-0.25, -0.2) is 0 Å². The quantitative estimate of drug-likeness (QED) is 0.480. The molecule has 27 heavy (non-hydrogen) atoms. The molecule has 0 unspecified atom stereocenters. The summed E-state index contributed by atoms with van der Waals surface area (Å²) in [5.41, 5.74) is -0.425. The summed E-state index contributed by atoms with van der Waals surface area (Å²) in [6.07, 6.45) is -1.30. The van der Waals surface area contributed by atoms with Crippen LogP contribution in [0.15, 0.2) is 67.0 Å². The molecule has 0 aliphatic carbocycles. The number of nitrogens with one attached hydrogen (secondary N) is 1. The predicted octanol–water partition coefficient (Wildman–Crippen LogP) is 5.75. The molecule has 3 aromatic rings. The summed E-state index contributed by atoms with van der Waals surface area (Å²) in [5, 5.41) is 2.51. The smallest absolute Gasteiger partial charge is 0.416 e. The molecule has 0 saturated carbocycles. The van der Waals surface area contributed by atoms with Crippen LogP contribution in [0.2, 0.25) is 0 Å². The number of pyridine rings is 1. The summed E-state index contributed by atoms with van der Waals surface area (Å²) in [4.78, 5) is 16.3. The number of carbonyl (C=O) groups excluding carboxylic acids is 1. The Hall–Kier alpha value is -2.62. The van der Waals surface area contributed by atoms with E-state index in [1.165, 1.54) is 18.2 Å². The minimum atomic E-state index is -4.48. The van der Waals surface area contributed by atoms with E-state index in [0.29, 0.717) is 20.6 Å². The van der Waals surface area contributed by atoms with Crippen molar-refractivity contribution in [2.24, 2.45) is 0 Å². The molecule has 138 valence electrons. The van der Waals surface area contributed by atoms with Gasteiger partial charge in [0.1, 0.15) is 11.5 Å². The molecule has 0 radical (unpaired) electrons. The number of ether oxygens (including phenoxy) is 1. The minimum Gasteiger partial charge on any atom is -0.456 e. The number of nitrogens with zero attached hydrogens (tertiary/aromatic N) is 1. The lowest BCUT2D eigenvalue weighted by Crippen LogP contribution is -2.14. The average Bonchev–Trinajstić information content (AvgIpc) is 2.64. The molecule has 1 heterocycles. The van der Waals surface area contributed by atoms with E-state index in [1.807, 2.05) is 22.6 Å². The Kier molecular flexibility index (Phi) is 5.64. The Balaban J connectivity index is 1.73. The molecule has 0 atom stereocenters. The molecule has 0 fully saturated rings. The molecule has 0 saturated heterocycles. The van der Waals surface area contributed by atoms with Gasteiger partial charge in [-0.1, -0.05) is 0 Å². The summed E-state index contributed by atoms with van der Waals surface area (Å²) in [5.74, 6) is 0.543. The first-order valence-corrected chi connectivity index (χ1v) is 8.77. The Morgan fingerprint density at radius 3 is 2.41 bits per heavy atom. The number of alkyl halides is 3. The third-order valence-electron chi connectivity index (χ3n) is 3.53. The van der Waals surface area contributed by atoms with Crippen LogP contribution in [0.3, 0.4) is 0 Å². The van der Waals surface area contributed by atoms with Crippen molar-refractivity contribution in [2.45, 2.75) is 6.18 Å². The second kappa shape index (κ2) is 7.95. The number of benzene rings is 2. The lowest BCUT2D eigenvalue weighted by atomic mass is 10.1. The van der Waals surface area contributed by atoms with Gasteiger partial charge in [-0.05, 0) is 77.2 Å². The molecule has 8 heteroatoms. The van der Waals surface area contributed by atoms with Crippen molar-refractivity contribution in [3.05, 3.63) is 81.7 Å². The van der Waals surface area contributed by atoms with Crippen LogP contribution in [0.1, 0.15) is 15.9 Å². The SMILES string of the molecule is O=C(Nc1cc(C(F)(F)F)ccc1I)c1ccc(Oc2cccnc2)cc1. The Bertz CT molecular complexity index is 945. The van der Waals surface area contributed by atoms with E-state index >= 15 is 0 Å². The van der Waals surface area contributed by atoms with Gasteiger partial charge in [-0.2, -0.15) is 13.2 Å². The minimum absolute atomic E-state index is 0.103. The zero-order valence-electron chi connectivity index (χ0n) is 13.6. The molecular weight excluding hydrogens is 472 g/mol. The Morgan fingerprint density at radius 2 is 1.78 bits per heavy atom. The number of rotatable bonds is 4. The van der Waals surface area contributed by atoms with Gasteiger partial charge in [0.25, 0.3) is 5.91 Å². The van der Waals surface area contributed by atoms with E-state index in [2.05, 4.69) is 10.3 Å². The van der Waals surface area contributed by atoms with Crippen LogP contribution in [0, 0.1) is 3.57 Å². The van der Waals surface area contributed by atoms with E-state index in [1.54, 1.807) is 36.7 Å². The lowest BCUT2D eigenvalue weighted by Gasteiger charge is -2.12. The van der Waals surface area contributed by atoms with E-state index in [4.69, 9.17) is 4.74 Å². The third-order valence-corrected chi connectivity index (χ3v) is 4.47. The second-order valence-corrected chi connectivity index (χ2v) is 6.62. The maximum atomic E-state index is 12.8. The maximum absolute atomic E-state index is 12.8. The standard InChI is InChI=1S/C19H12F3IN2O2/c20-19(21,22)13-5-8-16(23)17(10-13)25-18(26)12-3-6-14(7-4-12)27-15-2-1-9-24-11-15/h1-11H,(H,25,26). The fourth-order valence-corrected chi connectivity index (χ4v) is 2.68. The van der Waals surface area contributed by atoms with Gasteiger partial charge < -0.3 is 10.1 Å². The topological polar surface area (TPSA) is 51.2 Å². The van der Waals surface area contributed by atoms with Gasteiger partial charge in [0.2, 0.25) is 0 Å². The van der Waals surface area contributed by atoms with Crippen molar-refractivity contribution in [3.8, 4) is 11.5 Å². The Morgan fingerprint density at radius 1 is 1.04 bits per heavy atom. The lowest BCUT2D eigenvalue weighted by molar-refractivity contribution is -0.137. The van der Waals surface area contributed by atoms with E-state index < -0.39 is 17.6 Å². The fraction of sp³-hybridized carbons (Fsp3) is 0.0526. The zero-order chi connectivity index (χ0) is 19.4. The second-order valence-electron chi connectivity index (χ2n) is 5.46. The highest BCUT2D eigenvalue weighted by molar-refractivity contribution is 14.1. The molecule has 1 amide bonds. The van der Waals surface area contributed by atoms with E-state index in [0.717, 1.165) is 12.1 Å². The summed E-state index contributed by atoms with van der Waals surface area (Å²) >= 11 is 1.87. The van der Waals surface area contributed by atoms with E-state index in [-0.39, 0.29) is 5.69 Å². The first kappa shape index (κ1) is 19.2. The molecule has 0 aliphatic heterocycles. The van der Waals surface area contributed by atoms with Gasteiger partial charge in [0.15, 0.2) is 0 Å². The van der Waals surface area contributed by atoms with Crippen molar-refractivity contribution in [3.63, 3.8) is 0 Å². The van der Waals surface area contributed by atoms with Gasteiger partial charge >= 0.3 is 6.18 Å². The molecule has 1 N–H and O–H groups in total. The number of carbonyl (C=O) groups is 1. The summed E-state index contributed by atoms with van der Waals surface area (Å²) in [6.45, 7) is 0. The van der Waals surface area contributed by atoms with Crippen molar-refractivity contribution in [1.82, 2.24) is 4.98 Å². The number of hydrogen-bond donors (Lipinski definition) is 1. The third kappa shape index (κ3) is 4.97. The highest BCUT2D eigenvalue weighted by Gasteiger charge is 2.31. The first-order chi connectivity index (χ1) is 12.8. The summed E-state index contributed by atoms with van der Waals surface area (Å²) in [7, 11) is 0. The first-order valence-electron chi connectivity index (χ1n) is 7.69. The average molecular weight is 484 g/mol. The van der Waals surface area contributed by atoms with Crippen molar-refractivity contribution < 1.29 is 22.7 Å². The highest BCUT2D eigenvalue weighted by Crippen LogP contribution is 2.33. The van der Waals surface area contributed by atoms with Crippen LogP contribution in [0.5, 0.6) is 11.5 Å². The highest BCUT2D eigenvalue weighted by atomic mass is 127. The molecule has 0 aliphatic rings. The van der Waals surface area contributed by atoms with Gasteiger partial charge in [0, 0.05) is 15.3 Å². The maximum Gasteiger partial charge on any atom is 0.416 e. The molecule has 1 aromatic heterocycles.